The van der Waals surface area contributed by atoms with Crippen LogP contribution in [0.5, 0.6) is 5.75 Å². The fraction of sp³-hybridized carbons (Fsp3) is 0.333. The van der Waals surface area contributed by atoms with Crippen LogP contribution < -0.4 is 4.74 Å². The van der Waals surface area contributed by atoms with Gasteiger partial charge in [-0.1, -0.05) is 0 Å². The van der Waals surface area contributed by atoms with Gasteiger partial charge in [-0.05, 0) is 57.5 Å². The summed E-state index contributed by atoms with van der Waals surface area (Å²) in [7, 11) is 0. The van der Waals surface area contributed by atoms with Gasteiger partial charge in [-0.15, -0.1) is 0 Å². The molecule has 2 rings (SSSR count). The summed E-state index contributed by atoms with van der Waals surface area (Å²) in [4.78, 5) is 8.76. The number of nitrogens with zero attached hydrogens (tertiary/aromatic N) is 2. The maximum Gasteiger partial charge on any atom is 0.126 e. The van der Waals surface area contributed by atoms with E-state index in [0.717, 1.165) is 34.1 Å². The van der Waals surface area contributed by atoms with Crippen LogP contribution in [0, 0.1) is 20.8 Å². The molecule has 0 unspecified atom stereocenters. The number of aryl methyl sites for hydroxylation is 3. The second-order valence-corrected chi connectivity index (χ2v) is 4.36. The second kappa shape index (κ2) is 5.17. The van der Waals surface area contributed by atoms with E-state index in [9.17, 15) is 0 Å². The zero-order valence-corrected chi connectivity index (χ0v) is 11.3. The molecule has 3 heteroatoms. The van der Waals surface area contributed by atoms with Crippen molar-refractivity contribution in [1.29, 1.82) is 0 Å². The summed E-state index contributed by atoms with van der Waals surface area (Å²) < 4.78 is 5.54. The molecule has 18 heavy (non-hydrogen) atoms. The second-order valence-electron chi connectivity index (χ2n) is 4.36. The van der Waals surface area contributed by atoms with E-state index < -0.39 is 0 Å². The van der Waals surface area contributed by atoms with Gasteiger partial charge in [-0.3, -0.25) is 0 Å². The predicted octanol–water partition coefficient (Wildman–Crippen LogP) is 3.47. The van der Waals surface area contributed by atoms with Gasteiger partial charge in [0.1, 0.15) is 11.6 Å². The lowest BCUT2D eigenvalue weighted by molar-refractivity contribution is 0.338. The highest BCUT2D eigenvalue weighted by Crippen LogP contribution is 2.25. The van der Waals surface area contributed by atoms with Gasteiger partial charge < -0.3 is 4.74 Å². The average Bonchev–Trinajstić information content (AvgIpc) is 2.30. The van der Waals surface area contributed by atoms with Crippen LogP contribution >= 0.6 is 0 Å². The fourth-order valence-electron chi connectivity index (χ4n) is 1.99. The molecule has 0 aliphatic rings. The van der Waals surface area contributed by atoms with Gasteiger partial charge >= 0.3 is 0 Å². The third kappa shape index (κ3) is 2.67. The molecule has 0 saturated heterocycles. The highest BCUT2D eigenvalue weighted by Gasteiger charge is 2.05. The van der Waals surface area contributed by atoms with Gasteiger partial charge in [0.15, 0.2) is 0 Å². The van der Waals surface area contributed by atoms with Crippen molar-refractivity contribution < 1.29 is 4.74 Å². The van der Waals surface area contributed by atoms with Gasteiger partial charge in [-0.25, -0.2) is 9.97 Å². The van der Waals surface area contributed by atoms with Crippen LogP contribution in [0.25, 0.3) is 11.3 Å². The molecule has 0 radical (unpaired) electrons. The van der Waals surface area contributed by atoms with Gasteiger partial charge in [0.2, 0.25) is 0 Å². The Hall–Kier alpha value is -1.90. The number of benzene rings is 1. The first-order chi connectivity index (χ1) is 8.60. The summed E-state index contributed by atoms with van der Waals surface area (Å²) in [5.74, 6) is 1.74. The molecule has 0 atom stereocenters. The summed E-state index contributed by atoms with van der Waals surface area (Å²) in [5.41, 5.74) is 4.18. The Morgan fingerprint density at radius 2 is 1.83 bits per heavy atom. The minimum absolute atomic E-state index is 0.686. The van der Waals surface area contributed by atoms with Crippen LogP contribution in [0.4, 0.5) is 0 Å². The number of rotatable bonds is 3. The van der Waals surface area contributed by atoms with Crippen LogP contribution in [0.3, 0.4) is 0 Å². The van der Waals surface area contributed by atoms with E-state index in [-0.39, 0.29) is 0 Å². The van der Waals surface area contributed by atoms with Crippen molar-refractivity contribution in [2.75, 3.05) is 6.61 Å². The summed E-state index contributed by atoms with van der Waals surface area (Å²) in [6.07, 6.45) is 0. The maximum atomic E-state index is 5.54. The molecule has 0 saturated carbocycles. The standard InChI is InChI=1S/C15H18N2O/c1-5-18-15-7-6-13(8-10(15)2)14-9-11(3)16-12(4)17-14/h6-9H,5H2,1-4H3. The molecule has 2 aromatic rings. The van der Waals surface area contributed by atoms with Crippen molar-refractivity contribution in [1.82, 2.24) is 9.97 Å². The molecule has 0 aliphatic carbocycles. The Morgan fingerprint density at radius 1 is 1.06 bits per heavy atom. The molecule has 0 fully saturated rings. The highest BCUT2D eigenvalue weighted by atomic mass is 16.5. The Balaban J connectivity index is 2.42. The van der Waals surface area contributed by atoms with E-state index in [1.54, 1.807) is 0 Å². The van der Waals surface area contributed by atoms with Crippen LogP contribution in [-0.4, -0.2) is 16.6 Å². The molecule has 94 valence electrons. The quantitative estimate of drug-likeness (QED) is 0.826. The largest absolute Gasteiger partial charge is 0.494 e. The van der Waals surface area contributed by atoms with Crippen LogP contribution in [0.15, 0.2) is 24.3 Å². The number of hydrogen-bond acceptors (Lipinski definition) is 3. The van der Waals surface area contributed by atoms with Crippen molar-refractivity contribution in [3.8, 4) is 17.0 Å². The minimum Gasteiger partial charge on any atom is -0.494 e. The van der Waals surface area contributed by atoms with Crippen molar-refractivity contribution >= 4 is 0 Å². The molecule has 1 aromatic carbocycles. The molecule has 3 nitrogen and oxygen atoms in total. The summed E-state index contributed by atoms with van der Waals surface area (Å²) in [6.45, 7) is 8.63. The highest BCUT2D eigenvalue weighted by molar-refractivity contribution is 5.62. The fourth-order valence-corrected chi connectivity index (χ4v) is 1.99. The van der Waals surface area contributed by atoms with E-state index in [2.05, 4.69) is 23.0 Å². The summed E-state index contributed by atoms with van der Waals surface area (Å²) in [5, 5.41) is 0. The third-order valence-corrected chi connectivity index (χ3v) is 2.74. The average molecular weight is 242 g/mol. The van der Waals surface area contributed by atoms with E-state index in [4.69, 9.17) is 4.74 Å². The molecule has 0 bridgehead atoms. The lowest BCUT2D eigenvalue weighted by Crippen LogP contribution is -1.96. The van der Waals surface area contributed by atoms with Gasteiger partial charge in [-0.2, -0.15) is 0 Å². The van der Waals surface area contributed by atoms with E-state index in [1.807, 2.05) is 39.0 Å². The van der Waals surface area contributed by atoms with Crippen molar-refractivity contribution in [3.63, 3.8) is 0 Å². The number of ether oxygens (including phenoxy) is 1. The van der Waals surface area contributed by atoms with E-state index >= 15 is 0 Å². The molecule has 0 aliphatic heterocycles. The van der Waals surface area contributed by atoms with Gasteiger partial charge in [0, 0.05) is 11.3 Å². The Kier molecular flexibility index (Phi) is 3.60. The maximum absolute atomic E-state index is 5.54. The van der Waals surface area contributed by atoms with Crippen LogP contribution in [0.2, 0.25) is 0 Å². The van der Waals surface area contributed by atoms with E-state index in [1.165, 1.54) is 0 Å². The first-order valence-corrected chi connectivity index (χ1v) is 6.16. The zero-order chi connectivity index (χ0) is 13.1. The number of hydrogen-bond donors (Lipinski definition) is 0. The molecule has 0 amide bonds. The van der Waals surface area contributed by atoms with Gasteiger partial charge in [0.25, 0.3) is 0 Å². The minimum atomic E-state index is 0.686. The first kappa shape index (κ1) is 12.6. The molecular weight excluding hydrogens is 224 g/mol. The van der Waals surface area contributed by atoms with E-state index in [0.29, 0.717) is 6.61 Å². The molecular formula is C15H18N2O. The Morgan fingerprint density at radius 3 is 2.44 bits per heavy atom. The van der Waals surface area contributed by atoms with Gasteiger partial charge in [0.05, 0.1) is 12.3 Å². The first-order valence-electron chi connectivity index (χ1n) is 6.16. The van der Waals surface area contributed by atoms with Crippen LogP contribution in [-0.2, 0) is 0 Å². The summed E-state index contributed by atoms with van der Waals surface area (Å²) >= 11 is 0. The Bertz CT molecular complexity index is 544. The molecule has 0 spiro atoms. The monoisotopic (exact) mass is 242 g/mol. The number of aromatic nitrogens is 2. The lowest BCUT2D eigenvalue weighted by atomic mass is 10.1. The molecule has 1 heterocycles. The lowest BCUT2D eigenvalue weighted by Gasteiger charge is -2.09. The zero-order valence-electron chi connectivity index (χ0n) is 11.3. The normalized spacial score (nSPS) is 10.4. The Labute approximate surface area is 108 Å². The topological polar surface area (TPSA) is 35.0 Å². The molecule has 1 aromatic heterocycles. The van der Waals surface area contributed by atoms with Crippen molar-refractivity contribution in [2.45, 2.75) is 27.7 Å². The molecule has 0 N–H and O–H groups in total. The van der Waals surface area contributed by atoms with Crippen molar-refractivity contribution in [3.05, 3.63) is 41.3 Å². The van der Waals surface area contributed by atoms with Crippen molar-refractivity contribution in [2.24, 2.45) is 0 Å². The summed E-state index contributed by atoms with van der Waals surface area (Å²) in [6, 6.07) is 8.15. The predicted molar refractivity (Wildman–Crippen MR) is 72.8 cm³/mol. The van der Waals surface area contributed by atoms with Crippen LogP contribution in [0.1, 0.15) is 24.0 Å². The SMILES string of the molecule is CCOc1ccc(-c2cc(C)nc(C)n2)cc1C. The smallest absolute Gasteiger partial charge is 0.126 e. The third-order valence-electron chi connectivity index (χ3n) is 2.74.